The molecule has 12 nitrogen and oxygen atoms in total. The van der Waals surface area contributed by atoms with Gasteiger partial charge in [-0.05, 0) is 42.2 Å². The molecule has 1 fully saturated rings. The van der Waals surface area contributed by atoms with Gasteiger partial charge in [-0.3, -0.25) is 14.7 Å². The van der Waals surface area contributed by atoms with Crippen LogP contribution >= 0.6 is 0 Å². The van der Waals surface area contributed by atoms with E-state index in [9.17, 15) is 9.59 Å². The molecule has 0 aliphatic carbocycles. The number of fused-ring (bicyclic) bond motifs is 1. The number of hydrogen-bond donors (Lipinski definition) is 3. The fraction of sp³-hybridized carbons (Fsp3) is 0.382. The number of nitrogens with one attached hydrogen (secondary N) is 3. The number of anilines is 1. The Hall–Kier alpha value is -4.81. The normalized spacial score (nSPS) is 17.4. The predicted octanol–water partition coefficient (Wildman–Crippen LogP) is 5.58. The van der Waals surface area contributed by atoms with E-state index >= 15 is 0 Å². The minimum absolute atomic E-state index is 0.123. The smallest absolute Gasteiger partial charge is 0.341 e. The first kappa shape index (κ1) is 32.6. The van der Waals surface area contributed by atoms with Gasteiger partial charge in [0.05, 0.1) is 18.6 Å². The fourth-order valence-corrected chi connectivity index (χ4v) is 5.16. The van der Waals surface area contributed by atoms with Crippen LogP contribution in [0.4, 0.5) is 10.5 Å². The highest BCUT2D eigenvalue weighted by Gasteiger charge is 2.27. The Balaban J connectivity index is 1.23. The zero-order valence-electron chi connectivity index (χ0n) is 26.9. The van der Waals surface area contributed by atoms with Crippen molar-refractivity contribution in [2.24, 2.45) is 15.8 Å². The Morgan fingerprint density at radius 3 is 2.65 bits per heavy atom. The first-order valence-corrected chi connectivity index (χ1v) is 15.3. The molecule has 2 aromatic carbocycles. The largest absolute Gasteiger partial charge is 0.492 e. The summed E-state index contributed by atoms with van der Waals surface area (Å²) in [6.07, 6.45) is 3.54. The van der Waals surface area contributed by atoms with Crippen LogP contribution in [-0.2, 0) is 14.3 Å². The van der Waals surface area contributed by atoms with Crippen molar-refractivity contribution in [1.82, 2.24) is 20.6 Å². The van der Waals surface area contributed by atoms with Crippen LogP contribution in [0, 0.1) is 12.3 Å². The predicted molar refractivity (Wildman–Crippen MR) is 176 cm³/mol. The zero-order chi connectivity index (χ0) is 32.7. The number of aromatic nitrogens is 1. The number of amides is 3. The summed E-state index contributed by atoms with van der Waals surface area (Å²) in [5, 5.41) is 15.6. The molecule has 3 heterocycles. The van der Waals surface area contributed by atoms with E-state index in [4.69, 9.17) is 14.2 Å². The van der Waals surface area contributed by atoms with E-state index in [0.29, 0.717) is 55.6 Å². The van der Waals surface area contributed by atoms with E-state index in [2.05, 4.69) is 57.1 Å². The summed E-state index contributed by atoms with van der Waals surface area (Å²) in [4.78, 5) is 31.4. The third-order valence-corrected chi connectivity index (χ3v) is 7.88. The lowest BCUT2D eigenvalue weighted by atomic mass is 9.83. The van der Waals surface area contributed by atoms with Crippen LogP contribution in [0.2, 0.25) is 0 Å². The summed E-state index contributed by atoms with van der Waals surface area (Å²) in [5.41, 5.74) is 6.28. The summed E-state index contributed by atoms with van der Waals surface area (Å²) in [5.74, 6) is 1.12. The van der Waals surface area contributed by atoms with E-state index < -0.39 is 12.1 Å². The highest BCUT2D eigenvalue weighted by atomic mass is 16.5. The van der Waals surface area contributed by atoms with Crippen molar-refractivity contribution in [3.63, 3.8) is 0 Å². The molecule has 2 aliphatic heterocycles. The summed E-state index contributed by atoms with van der Waals surface area (Å²) >= 11 is 0. The SMILES string of the molecule is CNC(=O)C1CN(CCOc2ccc(NC(=O)NN=NC3=C(c4ccc(C)nc4)OC=C(C(C)(C)C)C3)c3ccccc23)CCO1. The number of rotatable bonds is 9. The summed E-state index contributed by atoms with van der Waals surface area (Å²) in [6, 6.07) is 14.6. The molecule has 1 saturated heterocycles. The van der Waals surface area contributed by atoms with Gasteiger partial charge in [0.1, 0.15) is 24.2 Å². The van der Waals surface area contributed by atoms with Crippen LogP contribution in [0.1, 0.15) is 38.4 Å². The molecule has 1 aromatic heterocycles. The first-order valence-electron chi connectivity index (χ1n) is 15.3. The standard InChI is InChI=1S/C34H41N7O5/c1-22-10-11-23(19-36-22)31-28(18-24(21-46-31)34(2,3)4)38-40-39-33(43)37-27-12-13-29(26-9-7-6-8-25(26)27)44-16-14-41-15-17-45-30(20-41)32(42)35-5/h6-13,19,21,30H,14-18,20H2,1-5H3,(H,35,42)(H2,37,38,39,43). The quantitative estimate of drug-likeness (QED) is 0.208. The molecule has 242 valence electrons. The number of urea groups is 1. The van der Waals surface area contributed by atoms with Crippen LogP contribution < -0.4 is 20.8 Å². The molecule has 0 saturated carbocycles. The number of nitrogens with zero attached hydrogens (tertiary/aromatic N) is 4. The number of benzene rings is 2. The molecule has 12 heteroatoms. The Bertz CT molecular complexity index is 1660. The fourth-order valence-electron chi connectivity index (χ4n) is 5.16. The second kappa shape index (κ2) is 14.5. The highest BCUT2D eigenvalue weighted by molar-refractivity contribution is 6.03. The molecule has 1 unspecified atom stereocenters. The van der Waals surface area contributed by atoms with Gasteiger partial charge >= 0.3 is 6.03 Å². The number of pyridine rings is 1. The topological polar surface area (TPSA) is 139 Å². The van der Waals surface area contributed by atoms with Crippen LogP contribution in [0.25, 0.3) is 16.5 Å². The van der Waals surface area contributed by atoms with Gasteiger partial charge in [-0.1, -0.05) is 50.3 Å². The first-order chi connectivity index (χ1) is 22.1. The second-order valence-corrected chi connectivity index (χ2v) is 12.2. The van der Waals surface area contributed by atoms with Crippen LogP contribution in [0.5, 0.6) is 5.75 Å². The lowest BCUT2D eigenvalue weighted by Crippen LogP contribution is -2.50. The van der Waals surface area contributed by atoms with Gasteiger partial charge in [-0.15, -0.1) is 5.11 Å². The van der Waals surface area contributed by atoms with Crippen LogP contribution in [-0.4, -0.2) is 67.8 Å². The van der Waals surface area contributed by atoms with Crippen LogP contribution in [0.3, 0.4) is 0 Å². The third-order valence-electron chi connectivity index (χ3n) is 7.88. The van der Waals surface area contributed by atoms with E-state index in [1.807, 2.05) is 49.4 Å². The van der Waals surface area contributed by atoms with E-state index in [-0.39, 0.29) is 11.3 Å². The third kappa shape index (κ3) is 8.06. The maximum Gasteiger partial charge on any atom is 0.341 e. The van der Waals surface area contributed by atoms with Crippen molar-refractivity contribution in [3.8, 4) is 5.75 Å². The molecule has 3 aromatic rings. The van der Waals surface area contributed by atoms with Crippen molar-refractivity contribution in [2.75, 3.05) is 45.2 Å². The maximum absolute atomic E-state index is 12.9. The molecular weight excluding hydrogens is 586 g/mol. The molecule has 5 rings (SSSR count). The van der Waals surface area contributed by atoms with E-state index in [1.165, 1.54) is 0 Å². The van der Waals surface area contributed by atoms with Crippen molar-refractivity contribution in [3.05, 3.63) is 83.5 Å². The Kier molecular flexibility index (Phi) is 10.3. The monoisotopic (exact) mass is 627 g/mol. The molecule has 46 heavy (non-hydrogen) atoms. The van der Waals surface area contributed by atoms with Crippen molar-refractivity contribution < 1.29 is 23.8 Å². The number of aryl methyl sites for hydroxylation is 1. The molecule has 0 bridgehead atoms. The number of morpholine rings is 1. The van der Waals surface area contributed by atoms with Gasteiger partial charge in [0.15, 0.2) is 5.76 Å². The molecule has 3 amide bonds. The van der Waals surface area contributed by atoms with Crippen molar-refractivity contribution in [1.29, 1.82) is 0 Å². The molecule has 0 radical (unpaired) electrons. The minimum Gasteiger partial charge on any atom is -0.492 e. The summed E-state index contributed by atoms with van der Waals surface area (Å²) in [7, 11) is 1.61. The average Bonchev–Trinajstić information content (AvgIpc) is 3.05. The number of allylic oxidation sites excluding steroid dienone is 1. The lowest BCUT2D eigenvalue weighted by Gasteiger charge is -2.31. The Morgan fingerprint density at radius 1 is 1.11 bits per heavy atom. The molecular formula is C34H41N7O5. The Labute approximate surface area is 268 Å². The van der Waals surface area contributed by atoms with Gasteiger partial charge in [0, 0.05) is 61.3 Å². The molecule has 0 spiro atoms. The number of likely N-dealkylation sites (N-methyl/N-ethyl adjacent to an activating group) is 1. The van der Waals surface area contributed by atoms with E-state index in [1.54, 1.807) is 25.6 Å². The Morgan fingerprint density at radius 2 is 1.91 bits per heavy atom. The van der Waals surface area contributed by atoms with Crippen LogP contribution in [0.15, 0.2) is 82.6 Å². The number of hydrogen-bond acceptors (Lipinski definition) is 9. The van der Waals surface area contributed by atoms with Gasteiger partial charge in [0.2, 0.25) is 5.91 Å². The average molecular weight is 628 g/mol. The number of carbonyl (C=O) groups excluding carboxylic acids is 2. The van der Waals surface area contributed by atoms with Gasteiger partial charge in [0.25, 0.3) is 0 Å². The maximum atomic E-state index is 12.9. The number of ether oxygens (including phenoxy) is 3. The summed E-state index contributed by atoms with van der Waals surface area (Å²) in [6.45, 7) is 11.1. The van der Waals surface area contributed by atoms with Gasteiger partial charge < -0.3 is 24.8 Å². The van der Waals surface area contributed by atoms with E-state index in [0.717, 1.165) is 34.1 Å². The van der Waals surface area contributed by atoms with Gasteiger partial charge in [-0.25, -0.2) is 10.2 Å². The lowest BCUT2D eigenvalue weighted by molar-refractivity contribution is -0.138. The van der Waals surface area contributed by atoms with Crippen molar-refractivity contribution in [2.45, 2.75) is 40.2 Å². The molecule has 3 N–H and O–H groups in total. The highest BCUT2D eigenvalue weighted by Crippen LogP contribution is 2.38. The zero-order valence-corrected chi connectivity index (χ0v) is 26.9. The minimum atomic E-state index is -0.539. The molecule has 1 atom stereocenters. The summed E-state index contributed by atoms with van der Waals surface area (Å²) < 4.78 is 17.7. The molecule has 2 aliphatic rings. The van der Waals surface area contributed by atoms with Crippen molar-refractivity contribution >= 4 is 34.2 Å². The number of carbonyl (C=O) groups is 2. The van der Waals surface area contributed by atoms with Gasteiger partial charge in [-0.2, -0.15) is 0 Å². The second-order valence-electron chi connectivity index (χ2n) is 12.2.